The van der Waals surface area contributed by atoms with Gasteiger partial charge in [-0.05, 0) is 63.5 Å². The third-order valence-corrected chi connectivity index (χ3v) is 4.57. The molecule has 26 heavy (non-hydrogen) atoms. The summed E-state index contributed by atoms with van der Waals surface area (Å²) in [4.78, 5) is 6.68. The van der Waals surface area contributed by atoms with Gasteiger partial charge in [0.1, 0.15) is 11.6 Å². The molecule has 0 aliphatic carbocycles. The molecule has 4 nitrogen and oxygen atoms in total. The molecule has 1 aromatic rings. The predicted molar refractivity (Wildman–Crippen MR) is 114 cm³/mol. The van der Waals surface area contributed by atoms with Gasteiger partial charge >= 0.3 is 0 Å². The molecule has 0 amide bonds. The minimum absolute atomic E-state index is 0. The summed E-state index contributed by atoms with van der Waals surface area (Å²) in [6, 6.07) is 3.47. The largest absolute Gasteiger partial charge is 0.356 e. The van der Waals surface area contributed by atoms with Crippen LogP contribution in [0, 0.1) is 11.6 Å². The lowest BCUT2D eigenvalue weighted by Gasteiger charge is -2.26. The number of hydrogen-bond acceptors (Lipinski definition) is 2. The van der Waals surface area contributed by atoms with E-state index in [1.54, 1.807) is 7.05 Å². The van der Waals surface area contributed by atoms with E-state index < -0.39 is 11.6 Å². The van der Waals surface area contributed by atoms with Gasteiger partial charge in [-0.3, -0.25) is 4.99 Å². The van der Waals surface area contributed by atoms with Gasteiger partial charge in [-0.25, -0.2) is 8.78 Å². The number of nitrogens with one attached hydrogen (secondary N) is 2. The molecule has 148 valence electrons. The van der Waals surface area contributed by atoms with Crippen LogP contribution in [0.3, 0.4) is 0 Å². The van der Waals surface area contributed by atoms with Crippen LogP contribution >= 0.6 is 24.0 Å². The maximum Gasteiger partial charge on any atom is 0.191 e. The third-order valence-electron chi connectivity index (χ3n) is 4.57. The van der Waals surface area contributed by atoms with Crippen LogP contribution < -0.4 is 10.6 Å². The van der Waals surface area contributed by atoms with Gasteiger partial charge in [0.2, 0.25) is 0 Å². The van der Waals surface area contributed by atoms with E-state index in [4.69, 9.17) is 0 Å². The molecule has 0 saturated carbocycles. The number of benzene rings is 1. The SMILES string of the molecule is CN=C(NCCCCCN1CCCCC1)NCc1cc(F)ccc1F.I. The topological polar surface area (TPSA) is 39.7 Å². The Balaban J connectivity index is 0.00000338. The first kappa shape index (κ1) is 23.1. The number of hydrogen-bond donors (Lipinski definition) is 2. The molecule has 0 unspecified atom stereocenters. The van der Waals surface area contributed by atoms with Gasteiger partial charge in [-0.15, -0.1) is 24.0 Å². The molecule has 0 bridgehead atoms. The minimum Gasteiger partial charge on any atom is -0.356 e. The molecule has 1 aromatic carbocycles. The molecule has 0 radical (unpaired) electrons. The van der Waals surface area contributed by atoms with E-state index >= 15 is 0 Å². The van der Waals surface area contributed by atoms with Crippen LogP contribution in [0.25, 0.3) is 0 Å². The van der Waals surface area contributed by atoms with Crippen LogP contribution in [-0.2, 0) is 6.54 Å². The average molecular weight is 480 g/mol. The molecule has 1 heterocycles. The second kappa shape index (κ2) is 13.2. The summed E-state index contributed by atoms with van der Waals surface area (Å²) in [6.07, 6.45) is 7.54. The summed E-state index contributed by atoms with van der Waals surface area (Å²) in [7, 11) is 1.67. The van der Waals surface area contributed by atoms with Crippen LogP contribution in [-0.4, -0.2) is 44.1 Å². The molecule has 2 N–H and O–H groups in total. The van der Waals surface area contributed by atoms with Gasteiger partial charge in [-0.2, -0.15) is 0 Å². The molecule has 7 heteroatoms. The lowest BCUT2D eigenvalue weighted by molar-refractivity contribution is 0.224. The van der Waals surface area contributed by atoms with Gasteiger partial charge < -0.3 is 15.5 Å². The molecular weight excluding hydrogens is 449 g/mol. The highest BCUT2D eigenvalue weighted by Gasteiger charge is 2.09. The second-order valence-corrected chi connectivity index (χ2v) is 6.55. The Hall–Kier alpha value is -0.960. The van der Waals surface area contributed by atoms with Crippen molar-refractivity contribution in [2.24, 2.45) is 4.99 Å². The van der Waals surface area contributed by atoms with Crippen molar-refractivity contribution in [3.05, 3.63) is 35.4 Å². The first-order valence-corrected chi connectivity index (χ1v) is 9.30. The van der Waals surface area contributed by atoms with Crippen LogP contribution in [0.1, 0.15) is 44.1 Å². The molecule has 0 spiro atoms. The number of rotatable bonds is 8. The van der Waals surface area contributed by atoms with Crippen molar-refractivity contribution in [3.8, 4) is 0 Å². The first-order valence-electron chi connectivity index (χ1n) is 9.30. The number of guanidine groups is 1. The number of unbranched alkanes of at least 4 members (excludes halogenated alkanes) is 2. The minimum atomic E-state index is -0.435. The quantitative estimate of drug-likeness (QED) is 0.257. The van der Waals surface area contributed by atoms with Crippen LogP contribution in [0.15, 0.2) is 23.2 Å². The predicted octanol–water partition coefficient (Wildman–Crippen LogP) is 3.90. The van der Waals surface area contributed by atoms with Crippen molar-refractivity contribution < 1.29 is 8.78 Å². The van der Waals surface area contributed by atoms with Crippen molar-refractivity contribution in [2.75, 3.05) is 33.2 Å². The van der Waals surface area contributed by atoms with Crippen molar-refractivity contribution in [1.29, 1.82) is 0 Å². The summed E-state index contributed by atoms with van der Waals surface area (Å²) < 4.78 is 26.8. The Labute approximate surface area is 172 Å². The van der Waals surface area contributed by atoms with Crippen molar-refractivity contribution >= 4 is 29.9 Å². The van der Waals surface area contributed by atoms with Crippen LogP contribution in [0.5, 0.6) is 0 Å². The molecule has 1 aliphatic heterocycles. The maximum absolute atomic E-state index is 13.6. The van der Waals surface area contributed by atoms with Crippen LogP contribution in [0.4, 0.5) is 8.78 Å². The zero-order valence-corrected chi connectivity index (χ0v) is 17.9. The zero-order chi connectivity index (χ0) is 17.9. The fraction of sp³-hybridized carbons (Fsp3) is 0.632. The highest BCUT2D eigenvalue weighted by atomic mass is 127. The summed E-state index contributed by atoms with van der Waals surface area (Å²) in [5.41, 5.74) is 0.296. The van der Waals surface area contributed by atoms with Crippen molar-refractivity contribution in [1.82, 2.24) is 15.5 Å². The van der Waals surface area contributed by atoms with Gasteiger partial charge in [0.25, 0.3) is 0 Å². The number of aliphatic imine (C=N–C) groups is 1. The van der Waals surface area contributed by atoms with E-state index in [2.05, 4.69) is 20.5 Å². The van der Waals surface area contributed by atoms with Crippen molar-refractivity contribution in [2.45, 2.75) is 45.1 Å². The average Bonchev–Trinajstić information content (AvgIpc) is 2.64. The number of piperidine rings is 1. The van der Waals surface area contributed by atoms with Crippen LogP contribution in [0.2, 0.25) is 0 Å². The van der Waals surface area contributed by atoms with Crippen molar-refractivity contribution in [3.63, 3.8) is 0 Å². The molecular formula is C19H31F2IN4. The lowest BCUT2D eigenvalue weighted by atomic mass is 10.1. The summed E-state index contributed by atoms with van der Waals surface area (Å²) in [6.45, 7) is 4.74. The molecule has 1 aliphatic rings. The zero-order valence-electron chi connectivity index (χ0n) is 15.6. The van der Waals surface area contributed by atoms with E-state index in [-0.39, 0.29) is 30.5 Å². The molecule has 1 saturated heterocycles. The lowest BCUT2D eigenvalue weighted by Crippen LogP contribution is -2.37. The Morgan fingerprint density at radius 3 is 2.58 bits per heavy atom. The molecule has 0 aromatic heterocycles. The fourth-order valence-corrected chi connectivity index (χ4v) is 3.11. The van der Waals surface area contributed by atoms with E-state index in [0.717, 1.165) is 25.1 Å². The van der Waals surface area contributed by atoms with E-state index in [1.165, 1.54) is 57.8 Å². The Kier molecular flexibility index (Phi) is 11.8. The summed E-state index contributed by atoms with van der Waals surface area (Å²) in [5, 5.41) is 6.24. The number of nitrogens with zero attached hydrogens (tertiary/aromatic N) is 2. The monoisotopic (exact) mass is 480 g/mol. The standard InChI is InChI=1S/C19H30F2N4.HI/c1-22-19(24-15-16-14-17(20)8-9-18(16)21)23-10-4-2-5-11-25-12-6-3-7-13-25;/h8-9,14H,2-7,10-13,15H2,1H3,(H2,22,23,24);1H. The van der Waals surface area contributed by atoms with E-state index in [1.807, 2.05) is 0 Å². The van der Waals surface area contributed by atoms with Gasteiger partial charge in [0.05, 0.1) is 0 Å². The van der Waals surface area contributed by atoms with Gasteiger partial charge in [-0.1, -0.05) is 12.8 Å². The van der Waals surface area contributed by atoms with Gasteiger partial charge in [0, 0.05) is 25.7 Å². The highest BCUT2D eigenvalue weighted by Crippen LogP contribution is 2.10. The van der Waals surface area contributed by atoms with E-state index in [0.29, 0.717) is 11.5 Å². The Morgan fingerprint density at radius 2 is 1.85 bits per heavy atom. The highest BCUT2D eigenvalue weighted by molar-refractivity contribution is 14.0. The smallest absolute Gasteiger partial charge is 0.191 e. The Bertz CT molecular complexity index is 548. The summed E-state index contributed by atoms with van der Waals surface area (Å²) >= 11 is 0. The third kappa shape index (κ3) is 8.62. The molecule has 1 fully saturated rings. The Morgan fingerprint density at radius 1 is 1.08 bits per heavy atom. The number of halogens is 3. The second-order valence-electron chi connectivity index (χ2n) is 6.55. The maximum atomic E-state index is 13.6. The number of likely N-dealkylation sites (tertiary alicyclic amines) is 1. The normalized spacial score (nSPS) is 15.4. The van der Waals surface area contributed by atoms with Gasteiger partial charge in [0.15, 0.2) is 5.96 Å². The van der Waals surface area contributed by atoms with E-state index in [9.17, 15) is 8.78 Å². The first-order chi connectivity index (χ1) is 12.2. The molecule has 0 atom stereocenters. The summed E-state index contributed by atoms with van der Waals surface area (Å²) in [5.74, 6) is -0.239. The molecule has 2 rings (SSSR count). The fourth-order valence-electron chi connectivity index (χ4n) is 3.11.